The van der Waals surface area contributed by atoms with Crippen LogP contribution in [0.3, 0.4) is 0 Å². The van der Waals surface area contributed by atoms with E-state index in [0.717, 1.165) is 6.07 Å². The van der Waals surface area contributed by atoms with Crippen LogP contribution in [0.2, 0.25) is 0 Å². The van der Waals surface area contributed by atoms with E-state index in [2.05, 4.69) is 10.6 Å². The maximum atomic E-state index is 13.8. The van der Waals surface area contributed by atoms with Crippen molar-refractivity contribution in [1.82, 2.24) is 5.32 Å². The summed E-state index contributed by atoms with van der Waals surface area (Å²) in [5.74, 6) is -3.00. The molecule has 2 rings (SSSR count). The predicted octanol–water partition coefficient (Wildman–Crippen LogP) is 0.913. The Morgan fingerprint density at radius 1 is 1.40 bits per heavy atom. The Balaban J connectivity index is 2.27. The van der Waals surface area contributed by atoms with Gasteiger partial charge in [-0.3, -0.25) is 14.4 Å². The number of fused-ring (bicyclic) bond motifs is 1. The quantitative estimate of drug-likeness (QED) is 0.767. The minimum atomic E-state index is -1.20. The molecular formula is C13H13FN2O4. The Hall–Kier alpha value is -2.44. The van der Waals surface area contributed by atoms with Crippen molar-refractivity contribution in [2.75, 3.05) is 5.32 Å². The molecule has 106 valence electrons. The fourth-order valence-corrected chi connectivity index (χ4v) is 1.91. The van der Waals surface area contributed by atoms with Crippen LogP contribution in [0.4, 0.5) is 10.1 Å². The van der Waals surface area contributed by atoms with E-state index in [1.165, 1.54) is 13.0 Å². The molecule has 7 heteroatoms. The summed E-state index contributed by atoms with van der Waals surface area (Å²) < 4.78 is 13.8. The van der Waals surface area contributed by atoms with Gasteiger partial charge in [0, 0.05) is 12.1 Å². The van der Waals surface area contributed by atoms with E-state index in [-0.39, 0.29) is 17.9 Å². The van der Waals surface area contributed by atoms with Gasteiger partial charge in [-0.05, 0) is 31.0 Å². The van der Waals surface area contributed by atoms with Gasteiger partial charge in [-0.1, -0.05) is 0 Å². The monoisotopic (exact) mass is 280 g/mol. The lowest BCUT2D eigenvalue weighted by molar-refractivity contribution is -0.138. The molecule has 0 aliphatic carbocycles. The molecule has 1 unspecified atom stereocenters. The summed E-state index contributed by atoms with van der Waals surface area (Å²) in [4.78, 5) is 33.7. The van der Waals surface area contributed by atoms with Gasteiger partial charge in [0.05, 0.1) is 5.56 Å². The van der Waals surface area contributed by atoms with Gasteiger partial charge in [-0.2, -0.15) is 0 Å². The average Bonchev–Trinajstić information content (AvgIpc) is 2.37. The predicted molar refractivity (Wildman–Crippen MR) is 67.9 cm³/mol. The van der Waals surface area contributed by atoms with Crippen molar-refractivity contribution in [2.24, 2.45) is 0 Å². The molecule has 1 aromatic rings. The molecule has 0 saturated heterocycles. The number of hydrogen-bond acceptors (Lipinski definition) is 3. The normalized spacial score (nSPS) is 15.0. The number of anilines is 1. The summed E-state index contributed by atoms with van der Waals surface area (Å²) >= 11 is 0. The molecular weight excluding hydrogens is 267 g/mol. The first-order chi connectivity index (χ1) is 9.38. The van der Waals surface area contributed by atoms with Gasteiger partial charge >= 0.3 is 5.97 Å². The van der Waals surface area contributed by atoms with E-state index < -0.39 is 23.7 Å². The third-order valence-electron chi connectivity index (χ3n) is 3.05. The molecule has 0 spiro atoms. The summed E-state index contributed by atoms with van der Waals surface area (Å²) in [6.07, 6.45) is 0.682. The van der Waals surface area contributed by atoms with E-state index in [0.29, 0.717) is 17.7 Å². The Morgan fingerprint density at radius 3 is 2.75 bits per heavy atom. The second-order valence-electron chi connectivity index (χ2n) is 4.57. The number of aliphatic carboxylic acids is 1. The van der Waals surface area contributed by atoms with E-state index in [1.807, 2.05) is 0 Å². The van der Waals surface area contributed by atoms with Crippen LogP contribution in [-0.4, -0.2) is 28.9 Å². The molecule has 1 heterocycles. The zero-order valence-corrected chi connectivity index (χ0v) is 10.7. The number of carbonyl (C=O) groups is 3. The largest absolute Gasteiger partial charge is 0.480 e. The maximum Gasteiger partial charge on any atom is 0.325 e. The number of aryl methyl sites for hydroxylation is 1. The van der Waals surface area contributed by atoms with Crippen molar-refractivity contribution < 1.29 is 23.9 Å². The van der Waals surface area contributed by atoms with Crippen molar-refractivity contribution in [3.05, 3.63) is 29.1 Å². The van der Waals surface area contributed by atoms with Gasteiger partial charge in [0.15, 0.2) is 0 Å². The minimum absolute atomic E-state index is 0.200. The van der Waals surface area contributed by atoms with E-state index >= 15 is 0 Å². The van der Waals surface area contributed by atoms with Crippen LogP contribution in [-0.2, 0) is 16.0 Å². The maximum absolute atomic E-state index is 13.8. The highest BCUT2D eigenvalue weighted by atomic mass is 19.1. The van der Waals surface area contributed by atoms with Crippen LogP contribution >= 0.6 is 0 Å². The van der Waals surface area contributed by atoms with Gasteiger partial charge in [0.1, 0.15) is 11.9 Å². The van der Waals surface area contributed by atoms with Crippen molar-refractivity contribution in [2.45, 2.75) is 25.8 Å². The summed E-state index contributed by atoms with van der Waals surface area (Å²) in [6, 6.07) is 1.30. The lowest BCUT2D eigenvalue weighted by Gasteiger charge is -2.18. The van der Waals surface area contributed by atoms with Gasteiger partial charge in [0.25, 0.3) is 5.91 Å². The van der Waals surface area contributed by atoms with Gasteiger partial charge in [-0.15, -0.1) is 0 Å². The van der Waals surface area contributed by atoms with Crippen molar-refractivity contribution >= 4 is 23.5 Å². The number of halogens is 1. The van der Waals surface area contributed by atoms with Gasteiger partial charge in [-0.25, -0.2) is 4.39 Å². The Kier molecular flexibility index (Phi) is 3.69. The van der Waals surface area contributed by atoms with Crippen molar-refractivity contribution in [3.63, 3.8) is 0 Å². The van der Waals surface area contributed by atoms with Crippen LogP contribution in [0.5, 0.6) is 0 Å². The molecule has 1 atom stereocenters. The van der Waals surface area contributed by atoms with Crippen LogP contribution in [0.15, 0.2) is 12.1 Å². The molecule has 20 heavy (non-hydrogen) atoms. The molecule has 2 amide bonds. The molecule has 1 aromatic carbocycles. The van der Waals surface area contributed by atoms with Crippen molar-refractivity contribution in [1.29, 1.82) is 0 Å². The number of carboxylic acid groups (broad SMARTS) is 1. The molecule has 0 fully saturated rings. The van der Waals surface area contributed by atoms with E-state index in [9.17, 15) is 18.8 Å². The zero-order valence-electron chi connectivity index (χ0n) is 10.7. The standard InChI is InChI=1S/C13H13FN2O4/c1-6(13(19)20)15-12(18)8-4-7-2-3-11(17)16-10(7)5-9(8)14/h4-6H,2-3H2,1H3,(H,15,18)(H,16,17)(H,19,20). The molecule has 1 aliphatic rings. The smallest absolute Gasteiger partial charge is 0.325 e. The van der Waals surface area contributed by atoms with E-state index in [1.54, 1.807) is 0 Å². The summed E-state index contributed by atoms with van der Waals surface area (Å²) in [6.45, 7) is 1.29. The number of carboxylic acids is 1. The highest BCUT2D eigenvalue weighted by Crippen LogP contribution is 2.25. The molecule has 0 saturated carbocycles. The molecule has 6 nitrogen and oxygen atoms in total. The fraction of sp³-hybridized carbons (Fsp3) is 0.308. The third kappa shape index (κ3) is 2.76. The van der Waals surface area contributed by atoms with Crippen LogP contribution < -0.4 is 10.6 Å². The summed E-state index contributed by atoms with van der Waals surface area (Å²) in [7, 11) is 0. The number of amides is 2. The Bertz CT molecular complexity index is 600. The van der Waals surface area contributed by atoms with E-state index in [4.69, 9.17) is 5.11 Å². The van der Waals surface area contributed by atoms with Crippen LogP contribution in [0.25, 0.3) is 0 Å². The Labute approximate surface area is 114 Å². The van der Waals surface area contributed by atoms with Crippen molar-refractivity contribution in [3.8, 4) is 0 Å². The zero-order chi connectivity index (χ0) is 14.9. The second kappa shape index (κ2) is 5.28. The number of benzene rings is 1. The van der Waals surface area contributed by atoms with Gasteiger partial charge in [0.2, 0.25) is 5.91 Å². The Morgan fingerprint density at radius 2 is 2.10 bits per heavy atom. The fourth-order valence-electron chi connectivity index (χ4n) is 1.91. The molecule has 3 N–H and O–H groups in total. The van der Waals surface area contributed by atoms with Gasteiger partial charge < -0.3 is 15.7 Å². The molecule has 0 bridgehead atoms. The first-order valence-electron chi connectivity index (χ1n) is 6.04. The van der Waals surface area contributed by atoms with Crippen LogP contribution in [0.1, 0.15) is 29.3 Å². The SMILES string of the molecule is CC(NC(=O)c1cc2c(cc1F)NC(=O)CC2)C(=O)O. The average molecular weight is 280 g/mol. The first-order valence-corrected chi connectivity index (χ1v) is 6.04. The second-order valence-corrected chi connectivity index (χ2v) is 4.57. The summed E-state index contributed by atoms with van der Waals surface area (Å²) in [5.41, 5.74) is 0.772. The molecule has 1 aliphatic heterocycles. The first kappa shape index (κ1) is 14.0. The highest BCUT2D eigenvalue weighted by molar-refractivity contribution is 5.99. The molecule has 0 radical (unpaired) electrons. The summed E-state index contributed by atoms with van der Waals surface area (Å²) in [5, 5.41) is 13.4. The topological polar surface area (TPSA) is 95.5 Å². The van der Waals surface area contributed by atoms with Crippen LogP contribution in [0, 0.1) is 5.82 Å². The lowest BCUT2D eigenvalue weighted by Crippen LogP contribution is -2.38. The minimum Gasteiger partial charge on any atom is -0.480 e. The number of carbonyl (C=O) groups excluding carboxylic acids is 2. The lowest BCUT2D eigenvalue weighted by atomic mass is 9.99. The number of rotatable bonds is 3. The molecule has 0 aromatic heterocycles. The number of nitrogens with one attached hydrogen (secondary N) is 2. The third-order valence-corrected chi connectivity index (χ3v) is 3.05. The number of hydrogen-bond donors (Lipinski definition) is 3. The highest BCUT2D eigenvalue weighted by Gasteiger charge is 2.22.